The second kappa shape index (κ2) is 3.21. The van der Waals surface area contributed by atoms with E-state index in [1.807, 2.05) is 0 Å². The van der Waals surface area contributed by atoms with Crippen LogP contribution in [0, 0.1) is 5.92 Å². The van der Waals surface area contributed by atoms with E-state index in [0.717, 1.165) is 25.4 Å². The Morgan fingerprint density at radius 1 is 1.40 bits per heavy atom. The maximum Gasteiger partial charge on any atom is 0.244 e. The molecule has 15 heavy (non-hydrogen) atoms. The van der Waals surface area contributed by atoms with E-state index in [2.05, 4.69) is 17.1 Å². The Labute approximate surface area is 91.2 Å². The van der Waals surface area contributed by atoms with Crippen LogP contribution < -0.4 is 5.32 Å². The quantitative estimate of drug-likeness (QED) is 0.745. The highest BCUT2D eigenvalue weighted by molar-refractivity contribution is 5.91. The molecule has 3 nitrogen and oxygen atoms in total. The molecule has 2 aliphatic carbocycles. The fourth-order valence-electron chi connectivity index (χ4n) is 3.20. The maximum atomic E-state index is 12.2. The van der Waals surface area contributed by atoms with E-state index in [1.54, 1.807) is 0 Å². The fourth-order valence-corrected chi connectivity index (χ4v) is 3.20. The maximum absolute atomic E-state index is 12.2. The summed E-state index contributed by atoms with van der Waals surface area (Å²) in [5.74, 6) is 1.13. The van der Waals surface area contributed by atoms with E-state index < -0.39 is 0 Å². The molecule has 0 aromatic carbocycles. The van der Waals surface area contributed by atoms with Gasteiger partial charge in [-0.2, -0.15) is 0 Å². The van der Waals surface area contributed by atoms with Gasteiger partial charge in [-0.15, -0.1) is 0 Å². The lowest BCUT2D eigenvalue weighted by molar-refractivity contribution is -0.132. The molecule has 0 aromatic heterocycles. The number of hydrogen-bond donors (Lipinski definition) is 1. The summed E-state index contributed by atoms with van der Waals surface area (Å²) < 4.78 is 0. The van der Waals surface area contributed by atoms with Crippen LogP contribution in [0.2, 0.25) is 0 Å². The largest absolute Gasteiger partial charge is 0.325 e. The van der Waals surface area contributed by atoms with Gasteiger partial charge >= 0.3 is 0 Å². The molecule has 0 bridgehead atoms. The number of carbonyl (C=O) groups excluding carboxylic acids is 1. The van der Waals surface area contributed by atoms with Gasteiger partial charge < -0.3 is 4.90 Å². The Morgan fingerprint density at radius 2 is 2.07 bits per heavy atom. The van der Waals surface area contributed by atoms with E-state index in [1.165, 1.54) is 25.7 Å². The third kappa shape index (κ3) is 1.40. The summed E-state index contributed by atoms with van der Waals surface area (Å²) in [6, 6.07) is 0.451. The highest BCUT2D eigenvalue weighted by atomic mass is 16.2. The number of amides is 1. The third-order valence-electron chi connectivity index (χ3n) is 4.58. The average Bonchev–Trinajstić information content (AvgIpc) is 2.72. The smallest absolute Gasteiger partial charge is 0.244 e. The van der Waals surface area contributed by atoms with Crippen molar-refractivity contribution in [1.29, 1.82) is 0 Å². The van der Waals surface area contributed by atoms with Gasteiger partial charge in [0, 0.05) is 6.04 Å². The van der Waals surface area contributed by atoms with Crippen LogP contribution in [0.15, 0.2) is 0 Å². The first-order valence-corrected chi connectivity index (χ1v) is 6.29. The molecule has 1 unspecified atom stereocenters. The summed E-state index contributed by atoms with van der Waals surface area (Å²) in [6.45, 7) is 3.02. The summed E-state index contributed by atoms with van der Waals surface area (Å²) in [6.07, 6.45) is 7.46. The highest BCUT2D eigenvalue weighted by Crippen LogP contribution is 2.42. The van der Waals surface area contributed by atoms with Crippen LogP contribution in [0.4, 0.5) is 0 Å². The molecule has 1 amide bonds. The van der Waals surface area contributed by atoms with Crippen LogP contribution in [0.5, 0.6) is 0 Å². The SMILES string of the molecule is CC(C1CCCC1)N1CNC2(CC2)C1=O. The predicted molar refractivity (Wildman–Crippen MR) is 58.2 cm³/mol. The molecule has 3 rings (SSSR count). The summed E-state index contributed by atoms with van der Waals surface area (Å²) in [4.78, 5) is 14.2. The van der Waals surface area contributed by atoms with Crippen LogP contribution in [0.1, 0.15) is 45.4 Å². The van der Waals surface area contributed by atoms with Crippen molar-refractivity contribution in [2.75, 3.05) is 6.67 Å². The van der Waals surface area contributed by atoms with Crippen LogP contribution in [-0.4, -0.2) is 29.1 Å². The van der Waals surface area contributed by atoms with Crippen molar-refractivity contribution in [2.45, 2.75) is 57.0 Å². The Kier molecular flexibility index (Phi) is 2.06. The molecule has 2 saturated carbocycles. The van der Waals surface area contributed by atoms with Crippen molar-refractivity contribution < 1.29 is 4.79 Å². The van der Waals surface area contributed by atoms with E-state index in [4.69, 9.17) is 0 Å². The lowest BCUT2D eigenvalue weighted by Gasteiger charge is -2.29. The zero-order valence-electron chi connectivity index (χ0n) is 9.46. The number of nitrogens with zero attached hydrogens (tertiary/aromatic N) is 1. The minimum Gasteiger partial charge on any atom is -0.325 e. The summed E-state index contributed by atoms with van der Waals surface area (Å²) in [5, 5.41) is 3.39. The molecular weight excluding hydrogens is 188 g/mol. The zero-order valence-corrected chi connectivity index (χ0v) is 9.46. The molecule has 0 radical (unpaired) electrons. The number of nitrogens with one attached hydrogen (secondary N) is 1. The molecular formula is C12H20N2O. The van der Waals surface area contributed by atoms with E-state index >= 15 is 0 Å². The van der Waals surface area contributed by atoms with E-state index in [0.29, 0.717) is 11.9 Å². The molecule has 1 N–H and O–H groups in total. The fraction of sp³-hybridized carbons (Fsp3) is 0.917. The molecule has 1 heterocycles. The molecule has 1 spiro atoms. The molecule has 0 aromatic rings. The van der Waals surface area contributed by atoms with Gasteiger partial charge in [0.15, 0.2) is 0 Å². The van der Waals surface area contributed by atoms with Crippen molar-refractivity contribution >= 4 is 5.91 Å². The molecule has 3 heteroatoms. The minimum absolute atomic E-state index is 0.104. The van der Waals surface area contributed by atoms with Crippen LogP contribution >= 0.6 is 0 Å². The van der Waals surface area contributed by atoms with Gasteiger partial charge in [0.1, 0.15) is 0 Å². The van der Waals surface area contributed by atoms with Gasteiger partial charge in [0.25, 0.3) is 0 Å². The van der Waals surface area contributed by atoms with Gasteiger partial charge in [0.2, 0.25) is 5.91 Å². The Morgan fingerprint density at radius 3 is 2.60 bits per heavy atom. The number of hydrogen-bond acceptors (Lipinski definition) is 2. The zero-order chi connectivity index (χ0) is 10.5. The molecule has 3 aliphatic rings. The highest BCUT2D eigenvalue weighted by Gasteiger charge is 2.56. The average molecular weight is 208 g/mol. The monoisotopic (exact) mass is 208 g/mol. The van der Waals surface area contributed by atoms with Crippen molar-refractivity contribution in [3.05, 3.63) is 0 Å². The van der Waals surface area contributed by atoms with Gasteiger partial charge in [0.05, 0.1) is 12.2 Å². The lowest BCUT2D eigenvalue weighted by Crippen LogP contribution is -2.41. The van der Waals surface area contributed by atoms with Crippen molar-refractivity contribution in [2.24, 2.45) is 5.92 Å². The third-order valence-corrected chi connectivity index (χ3v) is 4.58. The lowest BCUT2D eigenvalue weighted by atomic mass is 9.98. The first-order valence-electron chi connectivity index (χ1n) is 6.29. The first kappa shape index (κ1) is 9.64. The Bertz CT molecular complexity index is 279. The summed E-state index contributed by atoms with van der Waals surface area (Å²) in [7, 11) is 0. The van der Waals surface area contributed by atoms with Gasteiger partial charge in [-0.3, -0.25) is 10.1 Å². The summed E-state index contributed by atoms with van der Waals surface area (Å²) in [5.41, 5.74) is -0.104. The molecule has 1 aliphatic heterocycles. The van der Waals surface area contributed by atoms with Gasteiger partial charge in [-0.25, -0.2) is 0 Å². The number of carbonyl (C=O) groups is 1. The topological polar surface area (TPSA) is 32.3 Å². The molecule has 3 fully saturated rings. The minimum atomic E-state index is -0.104. The Balaban J connectivity index is 1.69. The molecule has 1 atom stereocenters. The van der Waals surface area contributed by atoms with E-state index in [-0.39, 0.29) is 5.54 Å². The molecule has 84 valence electrons. The number of rotatable bonds is 2. The second-order valence-electron chi connectivity index (χ2n) is 5.48. The van der Waals surface area contributed by atoms with Crippen molar-refractivity contribution in [3.8, 4) is 0 Å². The standard InChI is InChI=1S/C12H20N2O/c1-9(10-4-2-3-5-10)14-8-13-12(6-7-12)11(14)15/h9-10,13H,2-8H2,1H3. The Hall–Kier alpha value is -0.570. The molecule has 1 saturated heterocycles. The van der Waals surface area contributed by atoms with E-state index in [9.17, 15) is 4.79 Å². The first-order chi connectivity index (χ1) is 7.23. The second-order valence-corrected chi connectivity index (χ2v) is 5.48. The van der Waals surface area contributed by atoms with Crippen LogP contribution in [0.3, 0.4) is 0 Å². The summed E-state index contributed by atoms with van der Waals surface area (Å²) >= 11 is 0. The van der Waals surface area contributed by atoms with Crippen LogP contribution in [0.25, 0.3) is 0 Å². The van der Waals surface area contributed by atoms with Gasteiger partial charge in [-0.1, -0.05) is 12.8 Å². The predicted octanol–water partition coefficient (Wildman–Crippen LogP) is 1.49. The van der Waals surface area contributed by atoms with Crippen LogP contribution in [-0.2, 0) is 4.79 Å². The van der Waals surface area contributed by atoms with Gasteiger partial charge in [-0.05, 0) is 38.5 Å². The normalized spacial score (nSPS) is 31.5. The van der Waals surface area contributed by atoms with Crippen molar-refractivity contribution in [1.82, 2.24) is 10.2 Å². The van der Waals surface area contributed by atoms with Crippen molar-refractivity contribution in [3.63, 3.8) is 0 Å².